The zero-order chi connectivity index (χ0) is 19.0. The van der Waals surface area contributed by atoms with E-state index in [2.05, 4.69) is 31.3 Å². The second-order valence-electron chi connectivity index (χ2n) is 7.58. The Labute approximate surface area is 160 Å². The lowest BCUT2D eigenvalue weighted by molar-refractivity contribution is 0.410. The van der Waals surface area contributed by atoms with Crippen LogP contribution >= 0.6 is 0 Å². The molecule has 142 valence electrons. The van der Waals surface area contributed by atoms with Crippen molar-refractivity contribution in [2.45, 2.75) is 65.0 Å². The Morgan fingerprint density at radius 3 is 2.56 bits per heavy atom. The molecule has 0 radical (unpaired) electrons. The average Bonchev–Trinajstić information content (AvgIpc) is 3.00. The maximum absolute atomic E-state index is 6.07. The molecule has 1 saturated carbocycles. The van der Waals surface area contributed by atoms with E-state index in [1.54, 1.807) is 0 Å². The summed E-state index contributed by atoms with van der Waals surface area (Å²) < 4.78 is 1.96. The minimum Gasteiger partial charge on any atom is -0.367 e. The summed E-state index contributed by atoms with van der Waals surface area (Å²) in [7, 11) is 0. The fourth-order valence-electron chi connectivity index (χ4n) is 3.92. The van der Waals surface area contributed by atoms with Crippen molar-refractivity contribution in [1.29, 1.82) is 0 Å². The molecule has 1 aliphatic carbocycles. The highest BCUT2D eigenvalue weighted by molar-refractivity contribution is 5.90. The number of hydrogen-bond donors (Lipinski definition) is 2. The number of para-hydroxylation sites is 1. The summed E-state index contributed by atoms with van der Waals surface area (Å²) in [5.41, 5.74) is 10.1. The van der Waals surface area contributed by atoms with Crippen LogP contribution < -0.4 is 11.1 Å². The van der Waals surface area contributed by atoms with Crippen molar-refractivity contribution in [2.75, 3.05) is 5.32 Å². The van der Waals surface area contributed by atoms with Gasteiger partial charge in [-0.1, -0.05) is 25.1 Å². The molecule has 3 N–H and O–H groups in total. The fraction of sp³-hybridized carbons (Fsp3) is 0.476. The summed E-state index contributed by atoms with van der Waals surface area (Å²) in [5, 5.41) is 9.51. The van der Waals surface area contributed by atoms with Gasteiger partial charge in [0.25, 0.3) is 0 Å². The van der Waals surface area contributed by atoms with Crippen LogP contribution in [0.3, 0.4) is 0 Å². The first-order valence-electron chi connectivity index (χ1n) is 9.91. The summed E-state index contributed by atoms with van der Waals surface area (Å²) in [5.74, 6) is 1.75. The van der Waals surface area contributed by atoms with Crippen molar-refractivity contribution in [1.82, 2.24) is 19.7 Å². The van der Waals surface area contributed by atoms with E-state index in [1.807, 2.05) is 23.7 Å². The fourth-order valence-corrected chi connectivity index (χ4v) is 3.92. The summed E-state index contributed by atoms with van der Waals surface area (Å²) in [6, 6.07) is 9.02. The van der Waals surface area contributed by atoms with Crippen LogP contribution in [0, 0.1) is 13.8 Å². The average molecular weight is 364 g/mol. The molecule has 3 aromatic rings. The topological polar surface area (TPSA) is 81.6 Å². The largest absolute Gasteiger partial charge is 0.367 e. The minimum absolute atomic E-state index is 0.338. The van der Waals surface area contributed by atoms with Crippen LogP contribution in [-0.4, -0.2) is 31.8 Å². The van der Waals surface area contributed by atoms with Crippen molar-refractivity contribution in [3.05, 3.63) is 41.3 Å². The molecule has 2 aromatic heterocycles. The molecular weight excluding hydrogens is 336 g/mol. The van der Waals surface area contributed by atoms with Gasteiger partial charge in [-0.3, -0.25) is 0 Å². The van der Waals surface area contributed by atoms with Gasteiger partial charge in [0.1, 0.15) is 11.6 Å². The summed E-state index contributed by atoms with van der Waals surface area (Å²) in [6.07, 6.45) is 5.08. The van der Waals surface area contributed by atoms with Crippen LogP contribution in [0.5, 0.6) is 0 Å². The van der Waals surface area contributed by atoms with Crippen LogP contribution in [-0.2, 0) is 6.42 Å². The molecule has 2 heterocycles. The molecule has 6 heteroatoms. The molecule has 1 aromatic carbocycles. The summed E-state index contributed by atoms with van der Waals surface area (Å²) in [6.45, 7) is 6.23. The Kier molecular flexibility index (Phi) is 4.83. The van der Waals surface area contributed by atoms with Crippen LogP contribution in [0.4, 0.5) is 5.82 Å². The first-order valence-corrected chi connectivity index (χ1v) is 9.91. The maximum atomic E-state index is 6.07. The van der Waals surface area contributed by atoms with Gasteiger partial charge in [-0.2, -0.15) is 5.10 Å². The monoisotopic (exact) mass is 364 g/mol. The molecule has 6 nitrogen and oxygen atoms in total. The maximum Gasteiger partial charge on any atom is 0.168 e. The Morgan fingerprint density at radius 2 is 1.85 bits per heavy atom. The third kappa shape index (κ3) is 3.41. The van der Waals surface area contributed by atoms with Crippen LogP contribution in [0.1, 0.15) is 49.7 Å². The zero-order valence-corrected chi connectivity index (χ0v) is 16.4. The number of nitrogens with one attached hydrogen (secondary N) is 1. The Hall–Kier alpha value is -2.47. The summed E-state index contributed by atoms with van der Waals surface area (Å²) in [4.78, 5) is 9.64. The van der Waals surface area contributed by atoms with Gasteiger partial charge in [0.05, 0.1) is 16.8 Å². The molecule has 0 saturated heterocycles. The van der Waals surface area contributed by atoms with E-state index in [9.17, 15) is 0 Å². The molecule has 1 fully saturated rings. The van der Waals surface area contributed by atoms with Crippen LogP contribution in [0.15, 0.2) is 24.3 Å². The molecule has 0 unspecified atom stereocenters. The smallest absolute Gasteiger partial charge is 0.168 e. The molecule has 27 heavy (non-hydrogen) atoms. The van der Waals surface area contributed by atoms with Crippen molar-refractivity contribution >= 4 is 16.9 Å². The lowest BCUT2D eigenvalue weighted by Crippen LogP contribution is -2.33. The van der Waals surface area contributed by atoms with Gasteiger partial charge in [0, 0.05) is 18.5 Å². The molecule has 1 aliphatic rings. The standard InChI is InChI=1S/C21H28N6/c1-4-18-24-20(23-16-11-9-15(22)10-12-16)19-14(3)26-27(21(19)25-18)17-8-6-5-7-13(17)2/h5-8,15-16H,4,9-12,22H2,1-3H3,(H,23,24,25). The van der Waals surface area contributed by atoms with Gasteiger partial charge in [0.15, 0.2) is 5.65 Å². The van der Waals surface area contributed by atoms with Crippen molar-refractivity contribution in [3.8, 4) is 5.69 Å². The third-order valence-electron chi connectivity index (χ3n) is 5.52. The van der Waals surface area contributed by atoms with Gasteiger partial charge in [-0.15, -0.1) is 0 Å². The van der Waals surface area contributed by atoms with Crippen molar-refractivity contribution < 1.29 is 0 Å². The Bertz CT molecular complexity index is 953. The number of anilines is 1. The highest BCUT2D eigenvalue weighted by Gasteiger charge is 2.22. The van der Waals surface area contributed by atoms with E-state index in [0.29, 0.717) is 12.1 Å². The molecular formula is C21H28N6. The highest BCUT2D eigenvalue weighted by atomic mass is 15.3. The van der Waals surface area contributed by atoms with E-state index >= 15 is 0 Å². The first-order chi connectivity index (χ1) is 13.1. The number of aromatic nitrogens is 4. The molecule has 0 atom stereocenters. The number of benzene rings is 1. The Balaban J connectivity index is 1.81. The normalized spacial score (nSPS) is 20.1. The van der Waals surface area contributed by atoms with E-state index in [0.717, 1.165) is 66.2 Å². The predicted octanol–water partition coefficient (Wildman–Crippen LogP) is 3.68. The number of hydrogen-bond acceptors (Lipinski definition) is 5. The molecule has 0 amide bonds. The van der Waals surface area contributed by atoms with E-state index in [1.165, 1.54) is 5.56 Å². The van der Waals surface area contributed by atoms with E-state index in [4.69, 9.17) is 20.8 Å². The summed E-state index contributed by atoms with van der Waals surface area (Å²) >= 11 is 0. The zero-order valence-electron chi connectivity index (χ0n) is 16.4. The van der Waals surface area contributed by atoms with Crippen LogP contribution in [0.2, 0.25) is 0 Å². The number of aryl methyl sites for hydroxylation is 3. The van der Waals surface area contributed by atoms with E-state index in [-0.39, 0.29) is 0 Å². The quantitative estimate of drug-likeness (QED) is 0.738. The SMILES string of the molecule is CCc1nc(NC2CCC(N)CC2)c2c(C)nn(-c3ccccc3C)c2n1. The number of fused-ring (bicyclic) bond motifs is 1. The van der Waals surface area contributed by atoms with Gasteiger partial charge in [-0.25, -0.2) is 14.6 Å². The third-order valence-corrected chi connectivity index (χ3v) is 5.52. The second kappa shape index (κ2) is 7.27. The first kappa shape index (κ1) is 17.9. The second-order valence-corrected chi connectivity index (χ2v) is 7.58. The van der Waals surface area contributed by atoms with E-state index < -0.39 is 0 Å². The van der Waals surface area contributed by atoms with Gasteiger partial charge in [0.2, 0.25) is 0 Å². The molecule has 0 bridgehead atoms. The van der Waals surface area contributed by atoms with Crippen molar-refractivity contribution in [2.24, 2.45) is 5.73 Å². The van der Waals surface area contributed by atoms with Crippen LogP contribution in [0.25, 0.3) is 16.7 Å². The van der Waals surface area contributed by atoms with Gasteiger partial charge < -0.3 is 11.1 Å². The predicted molar refractivity (Wildman–Crippen MR) is 109 cm³/mol. The number of nitrogens with zero attached hydrogens (tertiary/aromatic N) is 4. The molecule has 4 rings (SSSR count). The number of rotatable bonds is 4. The minimum atomic E-state index is 0.338. The van der Waals surface area contributed by atoms with Crippen molar-refractivity contribution in [3.63, 3.8) is 0 Å². The molecule has 0 aliphatic heterocycles. The van der Waals surface area contributed by atoms with Gasteiger partial charge in [-0.05, 0) is 51.2 Å². The highest BCUT2D eigenvalue weighted by Crippen LogP contribution is 2.29. The molecule has 0 spiro atoms. The lowest BCUT2D eigenvalue weighted by atomic mass is 9.92. The Morgan fingerprint density at radius 1 is 1.11 bits per heavy atom. The number of nitrogens with two attached hydrogens (primary N) is 1. The van der Waals surface area contributed by atoms with Gasteiger partial charge >= 0.3 is 0 Å². The lowest BCUT2D eigenvalue weighted by Gasteiger charge is -2.27.